The lowest BCUT2D eigenvalue weighted by Crippen LogP contribution is -2.31. The predicted molar refractivity (Wildman–Crippen MR) is 80.7 cm³/mol. The maximum Gasteiger partial charge on any atom is 0.128 e. The van der Waals surface area contributed by atoms with Crippen molar-refractivity contribution < 1.29 is 4.39 Å². The maximum absolute atomic E-state index is 14.1. The molecular formula is C15H22BrFN2. The van der Waals surface area contributed by atoms with Crippen LogP contribution in [0.2, 0.25) is 0 Å². The van der Waals surface area contributed by atoms with Crippen LogP contribution in [-0.2, 0) is 0 Å². The Morgan fingerprint density at radius 2 is 2.05 bits per heavy atom. The van der Waals surface area contributed by atoms with E-state index in [1.807, 2.05) is 20.2 Å². The minimum atomic E-state index is -0.101. The molecule has 1 aromatic carbocycles. The molecule has 1 fully saturated rings. The number of rotatable bonds is 4. The Morgan fingerprint density at radius 1 is 1.37 bits per heavy atom. The molecule has 1 aliphatic heterocycles. The third kappa shape index (κ3) is 4.01. The third-order valence-electron chi connectivity index (χ3n) is 3.96. The highest BCUT2D eigenvalue weighted by Gasteiger charge is 2.23. The second-order valence-corrected chi connectivity index (χ2v) is 6.49. The van der Waals surface area contributed by atoms with Gasteiger partial charge in [-0.3, -0.25) is 0 Å². The zero-order valence-corrected chi connectivity index (χ0v) is 13.2. The van der Waals surface area contributed by atoms with E-state index in [-0.39, 0.29) is 11.9 Å². The van der Waals surface area contributed by atoms with Crippen molar-refractivity contribution in [3.05, 3.63) is 34.1 Å². The molecule has 19 heavy (non-hydrogen) atoms. The van der Waals surface area contributed by atoms with Gasteiger partial charge >= 0.3 is 0 Å². The van der Waals surface area contributed by atoms with E-state index in [2.05, 4.69) is 26.1 Å². The number of nitrogens with zero attached hydrogens (tertiary/aromatic N) is 1. The van der Waals surface area contributed by atoms with E-state index >= 15 is 0 Å². The van der Waals surface area contributed by atoms with Crippen molar-refractivity contribution >= 4 is 15.9 Å². The van der Waals surface area contributed by atoms with Crippen molar-refractivity contribution in [2.24, 2.45) is 5.92 Å². The number of piperidine rings is 1. The maximum atomic E-state index is 14.1. The summed E-state index contributed by atoms with van der Waals surface area (Å²) in [5.74, 6) is 0.586. The Morgan fingerprint density at radius 3 is 2.68 bits per heavy atom. The van der Waals surface area contributed by atoms with Crippen molar-refractivity contribution in [1.29, 1.82) is 0 Å². The van der Waals surface area contributed by atoms with E-state index in [4.69, 9.17) is 0 Å². The van der Waals surface area contributed by atoms with E-state index in [9.17, 15) is 4.39 Å². The SMILES string of the molecule is CN(C)C(CC1CCNCC1)c1cc(Br)ccc1F. The Hall–Kier alpha value is -0.450. The fraction of sp³-hybridized carbons (Fsp3) is 0.600. The standard InChI is InChI=1S/C15H22BrFN2/c1-19(2)15(9-11-5-7-18-8-6-11)13-10-12(16)3-4-14(13)17/h3-4,10-11,15,18H,5-9H2,1-2H3. The molecule has 1 unspecified atom stereocenters. The summed E-state index contributed by atoms with van der Waals surface area (Å²) in [4.78, 5) is 2.13. The monoisotopic (exact) mass is 328 g/mol. The molecule has 4 heteroatoms. The summed E-state index contributed by atoms with van der Waals surface area (Å²) in [6.07, 6.45) is 3.42. The average molecular weight is 329 g/mol. The van der Waals surface area contributed by atoms with Gasteiger partial charge in [-0.1, -0.05) is 15.9 Å². The summed E-state index contributed by atoms with van der Waals surface area (Å²) >= 11 is 3.44. The van der Waals surface area contributed by atoms with Gasteiger partial charge in [0.15, 0.2) is 0 Å². The van der Waals surface area contributed by atoms with E-state index in [1.165, 1.54) is 12.8 Å². The number of hydrogen-bond donors (Lipinski definition) is 1. The summed E-state index contributed by atoms with van der Waals surface area (Å²) in [5, 5.41) is 3.38. The minimum absolute atomic E-state index is 0.101. The number of benzene rings is 1. The molecule has 0 aliphatic carbocycles. The van der Waals surface area contributed by atoms with E-state index in [0.29, 0.717) is 5.92 Å². The normalized spacial score (nSPS) is 18.8. The highest BCUT2D eigenvalue weighted by Crippen LogP contribution is 2.32. The molecular weight excluding hydrogens is 307 g/mol. The first kappa shape index (κ1) is 14.9. The number of nitrogens with one attached hydrogen (secondary N) is 1. The van der Waals surface area contributed by atoms with Crippen molar-refractivity contribution in [2.45, 2.75) is 25.3 Å². The van der Waals surface area contributed by atoms with E-state index in [1.54, 1.807) is 12.1 Å². The van der Waals surface area contributed by atoms with Crippen LogP contribution < -0.4 is 5.32 Å². The van der Waals surface area contributed by atoms with Crippen LogP contribution in [0, 0.1) is 11.7 Å². The van der Waals surface area contributed by atoms with Gasteiger partial charge in [0.25, 0.3) is 0 Å². The lowest BCUT2D eigenvalue weighted by molar-refractivity contribution is 0.219. The zero-order valence-electron chi connectivity index (χ0n) is 11.6. The summed E-state index contributed by atoms with van der Waals surface area (Å²) in [6.45, 7) is 2.18. The average Bonchev–Trinajstić information content (AvgIpc) is 2.40. The predicted octanol–water partition coefficient (Wildman–Crippen LogP) is 3.58. The van der Waals surface area contributed by atoms with Gasteiger partial charge in [-0.25, -0.2) is 4.39 Å². The molecule has 1 aliphatic rings. The Balaban J connectivity index is 2.16. The highest BCUT2D eigenvalue weighted by molar-refractivity contribution is 9.10. The van der Waals surface area contributed by atoms with E-state index < -0.39 is 0 Å². The first-order valence-electron chi connectivity index (χ1n) is 6.90. The van der Waals surface area contributed by atoms with E-state index in [0.717, 1.165) is 29.5 Å². The Kier molecular flexibility index (Phi) is 5.37. The Labute approximate surface area is 123 Å². The van der Waals surface area contributed by atoms with Gasteiger partial charge in [0.1, 0.15) is 5.82 Å². The molecule has 1 saturated heterocycles. The van der Waals surface area contributed by atoms with Crippen LogP contribution in [-0.4, -0.2) is 32.1 Å². The van der Waals surface area contributed by atoms with Crippen LogP contribution in [0.4, 0.5) is 4.39 Å². The molecule has 2 nitrogen and oxygen atoms in total. The lowest BCUT2D eigenvalue weighted by atomic mass is 9.87. The molecule has 1 atom stereocenters. The fourth-order valence-electron chi connectivity index (χ4n) is 2.82. The molecule has 0 saturated carbocycles. The second-order valence-electron chi connectivity index (χ2n) is 5.57. The summed E-state index contributed by atoms with van der Waals surface area (Å²) in [7, 11) is 4.07. The zero-order chi connectivity index (χ0) is 13.8. The number of halogens is 2. The van der Waals surface area contributed by atoms with Crippen LogP contribution in [0.5, 0.6) is 0 Å². The summed E-state index contributed by atoms with van der Waals surface area (Å²) in [6, 6.07) is 5.38. The quantitative estimate of drug-likeness (QED) is 0.908. The van der Waals surface area contributed by atoms with Crippen LogP contribution in [0.3, 0.4) is 0 Å². The van der Waals surface area contributed by atoms with Crippen LogP contribution in [0.15, 0.2) is 22.7 Å². The van der Waals surface area contributed by atoms with Crippen molar-refractivity contribution in [3.63, 3.8) is 0 Å². The minimum Gasteiger partial charge on any atom is -0.317 e. The van der Waals surface area contributed by atoms with Gasteiger partial charge in [0.2, 0.25) is 0 Å². The van der Waals surface area contributed by atoms with Gasteiger partial charge in [-0.2, -0.15) is 0 Å². The third-order valence-corrected chi connectivity index (χ3v) is 4.45. The van der Waals surface area contributed by atoms with Crippen LogP contribution in [0.1, 0.15) is 30.9 Å². The molecule has 0 aromatic heterocycles. The van der Waals surface area contributed by atoms with Crippen LogP contribution >= 0.6 is 15.9 Å². The van der Waals surface area contributed by atoms with Gasteiger partial charge in [-0.15, -0.1) is 0 Å². The summed E-state index contributed by atoms with van der Waals surface area (Å²) in [5.41, 5.74) is 0.804. The molecule has 0 radical (unpaired) electrons. The summed E-state index contributed by atoms with van der Waals surface area (Å²) < 4.78 is 15.0. The van der Waals surface area contributed by atoms with Gasteiger partial charge in [0.05, 0.1) is 0 Å². The van der Waals surface area contributed by atoms with Gasteiger partial charge in [0, 0.05) is 16.1 Å². The van der Waals surface area contributed by atoms with Crippen molar-refractivity contribution in [1.82, 2.24) is 10.2 Å². The fourth-order valence-corrected chi connectivity index (χ4v) is 3.20. The molecule has 0 amide bonds. The first-order valence-corrected chi connectivity index (χ1v) is 7.69. The molecule has 1 N–H and O–H groups in total. The smallest absolute Gasteiger partial charge is 0.128 e. The molecule has 0 spiro atoms. The second kappa shape index (κ2) is 6.82. The lowest BCUT2D eigenvalue weighted by Gasteiger charge is -2.31. The van der Waals surface area contributed by atoms with Crippen LogP contribution in [0.25, 0.3) is 0 Å². The van der Waals surface area contributed by atoms with Crippen molar-refractivity contribution in [2.75, 3.05) is 27.2 Å². The largest absolute Gasteiger partial charge is 0.317 e. The highest BCUT2D eigenvalue weighted by atomic mass is 79.9. The molecule has 2 rings (SSSR count). The van der Waals surface area contributed by atoms with Gasteiger partial charge in [-0.05, 0) is 70.6 Å². The topological polar surface area (TPSA) is 15.3 Å². The molecule has 106 valence electrons. The first-order chi connectivity index (χ1) is 9.08. The Bertz CT molecular complexity index is 417. The molecule has 1 heterocycles. The molecule has 0 bridgehead atoms. The molecule has 1 aromatic rings. The van der Waals surface area contributed by atoms with Gasteiger partial charge < -0.3 is 10.2 Å². The van der Waals surface area contributed by atoms with Crippen molar-refractivity contribution in [3.8, 4) is 0 Å². The number of hydrogen-bond acceptors (Lipinski definition) is 2.